The van der Waals surface area contributed by atoms with Crippen molar-refractivity contribution in [1.29, 1.82) is 0 Å². The average molecular weight is 471 g/mol. The molecule has 1 fully saturated rings. The molecule has 0 spiro atoms. The predicted molar refractivity (Wildman–Crippen MR) is 139 cm³/mol. The Kier molecular flexibility index (Phi) is 6.28. The number of H-pyrrole nitrogens is 1. The molecule has 0 bridgehead atoms. The van der Waals surface area contributed by atoms with Crippen LogP contribution in [-0.4, -0.2) is 72.8 Å². The Morgan fingerprint density at radius 3 is 2.60 bits per heavy atom. The molecule has 6 rings (SSSR count). The summed E-state index contributed by atoms with van der Waals surface area (Å²) < 4.78 is 1.86. The van der Waals surface area contributed by atoms with Crippen LogP contribution in [0, 0.1) is 0 Å². The molecule has 1 aliphatic rings. The lowest BCUT2D eigenvalue weighted by Crippen LogP contribution is -2.45. The van der Waals surface area contributed by atoms with Crippen LogP contribution in [0.15, 0.2) is 49.3 Å². The number of likely N-dealkylation sites (N-methyl/N-ethyl adjacent to an activating group) is 1. The molecule has 0 atom stereocenters. The number of nitrogen functional groups attached to an aromatic ring is 1. The number of pyridine rings is 1. The molecule has 5 aromatic rings. The molecule has 1 saturated heterocycles. The van der Waals surface area contributed by atoms with Gasteiger partial charge >= 0.3 is 0 Å². The summed E-state index contributed by atoms with van der Waals surface area (Å²) in [5, 5.41) is 6.87. The number of aromatic nitrogens is 7. The van der Waals surface area contributed by atoms with Crippen LogP contribution >= 0.6 is 0 Å². The molecule has 4 aromatic heterocycles. The minimum Gasteiger partial charge on any atom is -0.382 e. The van der Waals surface area contributed by atoms with Gasteiger partial charge in [0.25, 0.3) is 0 Å². The van der Waals surface area contributed by atoms with Gasteiger partial charge in [0.2, 0.25) is 0 Å². The Labute approximate surface area is 203 Å². The maximum atomic E-state index is 5.48. The van der Waals surface area contributed by atoms with E-state index in [2.05, 4.69) is 79.3 Å². The summed E-state index contributed by atoms with van der Waals surface area (Å²) in [6.45, 7) is 6.37. The van der Waals surface area contributed by atoms with Crippen molar-refractivity contribution >= 4 is 33.6 Å². The molecular weight excluding hydrogens is 440 g/mol. The molecule has 10 heteroatoms. The number of rotatable bonds is 3. The summed E-state index contributed by atoms with van der Waals surface area (Å²) in [4.78, 5) is 24.2. The molecule has 180 valence electrons. The van der Waals surface area contributed by atoms with Gasteiger partial charge in [0.15, 0.2) is 11.5 Å². The molecule has 1 aliphatic heterocycles. The molecule has 0 aliphatic carbocycles. The number of hydrogen-bond donors (Lipinski definition) is 2. The van der Waals surface area contributed by atoms with E-state index in [9.17, 15) is 0 Å². The molecule has 1 aromatic carbocycles. The Morgan fingerprint density at radius 1 is 1.06 bits per heavy atom. The summed E-state index contributed by atoms with van der Waals surface area (Å²) in [5.74, 6) is 1.56. The van der Waals surface area contributed by atoms with Crippen molar-refractivity contribution < 1.29 is 0 Å². The zero-order valence-electron chi connectivity index (χ0n) is 20.3. The predicted octanol–water partition coefficient (Wildman–Crippen LogP) is 2.88. The monoisotopic (exact) mass is 470 g/mol. The standard InChI is InChI=1S/C20H25N5.C5H5N5/c1-4-17-12-15-6-5-7-18(16-13-21-24(3)14-16)19(15)20(22-17)25-10-8-23(2)9-11-25;6-4-3-5(9-1-7-3)10-2-8-4/h5-7,12-14H,4,8-11H2,1-3H3;1-2H,(H3,6,7,8,9,10). The van der Waals surface area contributed by atoms with Crippen LogP contribution in [0.4, 0.5) is 11.6 Å². The van der Waals surface area contributed by atoms with Crippen molar-refractivity contribution in [1.82, 2.24) is 39.6 Å². The van der Waals surface area contributed by atoms with Gasteiger partial charge < -0.3 is 20.5 Å². The normalized spacial score (nSPS) is 14.3. The highest BCUT2D eigenvalue weighted by molar-refractivity contribution is 6.04. The Bertz CT molecular complexity index is 1450. The van der Waals surface area contributed by atoms with Crippen molar-refractivity contribution in [3.8, 4) is 11.1 Å². The van der Waals surface area contributed by atoms with Gasteiger partial charge in [-0.1, -0.05) is 25.1 Å². The molecule has 0 radical (unpaired) electrons. The number of nitrogens with one attached hydrogen (secondary N) is 1. The first kappa shape index (κ1) is 22.7. The number of nitrogens with zero attached hydrogens (tertiary/aromatic N) is 8. The molecular formula is C25H30N10. The molecule has 3 N–H and O–H groups in total. The maximum absolute atomic E-state index is 5.48. The van der Waals surface area contributed by atoms with Crippen molar-refractivity contribution in [2.45, 2.75) is 13.3 Å². The van der Waals surface area contributed by atoms with Crippen molar-refractivity contribution in [2.75, 3.05) is 43.9 Å². The van der Waals surface area contributed by atoms with Gasteiger partial charge in [0.05, 0.1) is 12.5 Å². The van der Waals surface area contributed by atoms with Crippen LogP contribution in [0.2, 0.25) is 0 Å². The largest absolute Gasteiger partial charge is 0.382 e. The van der Waals surface area contributed by atoms with Gasteiger partial charge in [-0.25, -0.2) is 19.9 Å². The van der Waals surface area contributed by atoms with E-state index in [1.54, 1.807) is 0 Å². The molecule has 10 nitrogen and oxygen atoms in total. The summed E-state index contributed by atoms with van der Waals surface area (Å²) >= 11 is 0. The smallest absolute Gasteiger partial charge is 0.182 e. The molecule has 0 amide bonds. The molecule has 5 heterocycles. The average Bonchev–Trinajstić information content (AvgIpc) is 3.54. The van der Waals surface area contributed by atoms with Crippen LogP contribution in [0.5, 0.6) is 0 Å². The second kappa shape index (κ2) is 9.67. The summed E-state index contributed by atoms with van der Waals surface area (Å²) in [7, 11) is 4.15. The first-order chi connectivity index (χ1) is 17.0. The van der Waals surface area contributed by atoms with Crippen molar-refractivity contribution in [3.63, 3.8) is 0 Å². The lowest BCUT2D eigenvalue weighted by atomic mass is 9.99. The number of aromatic amines is 1. The number of anilines is 2. The van der Waals surface area contributed by atoms with Crippen LogP contribution < -0.4 is 10.6 Å². The second-order valence-electron chi connectivity index (χ2n) is 8.75. The maximum Gasteiger partial charge on any atom is 0.182 e. The Hall–Kier alpha value is -4.05. The summed E-state index contributed by atoms with van der Waals surface area (Å²) in [5.41, 5.74) is 10.3. The zero-order chi connectivity index (χ0) is 24.4. The molecule has 35 heavy (non-hydrogen) atoms. The second-order valence-corrected chi connectivity index (χ2v) is 8.75. The van der Waals surface area contributed by atoms with Crippen molar-refractivity contribution in [2.24, 2.45) is 7.05 Å². The third-order valence-electron chi connectivity index (χ3n) is 6.33. The van der Waals surface area contributed by atoms with Gasteiger partial charge in [-0.2, -0.15) is 5.10 Å². The fourth-order valence-corrected chi connectivity index (χ4v) is 4.36. The quantitative estimate of drug-likeness (QED) is 0.413. The van der Waals surface area contributed by atoms with Gasteiger partial charge in [0, 0.05) is 56.1 Å². The third kappa shape index (κ3) is 4.65. The van der Waals surface area contributed by atoms with E-state index >= 15 is 0 Å². The summed E-state index contributed by atoms with van der Waals surface area (Å²) in [6.07, 6.45) is 7.90. The van der Waals surface area contributed by atoms with E-state index < -0.39 is 0 Å². The number of benzene rings is 1. The van der Waals surface area contributed by atoms with E-state index in [1.807, 2.05) is 17.9 Å². The molecule has 0 saturated carbocycles. The number of aryl methyl sites for hydroxylation is 2. The number of imidazole rings is 1. The highest BCUT2D eigenvalue weighted by atomic mass is 15.3. The first-order valence-corrected chi connectivity index (χ1v) is 11.8. The number of piperazine rings is 1. The van der Waals surface area contributed by atoms with Gasteiger partial charge in [0.1, 0.15) is 17.7 Å². The third-order valence-corrected chi connectivity index (χ3v) is 6.33. The van der Waals surface area contributed by atoms with E-state index in [0.29, 0.717) is 17.0 Å². The lowest BCUT2D eigenvalue weighted by molar-refractivity contribution is 0.312. The van der Waals surface area contributed by atoms with Gasteiger partial charge in [-0.3, -0.25) is 4.68 Å². The highest BCUT2D eigenvalue weighted by Gasteiger charge is 2.20. The van der Waals surface area contributed by atoms with E-state index in [1.165, 1.54) is 29.0 Å². The fourth-order valence-electron chi connectivity index (χ4n) is 4.36. The van der Waals surface area contributed by atoms with Crippen LogP contribution in [-0.2, 0) is 13.5 Å². The lowest BCUT2D eigenvalue weighted by Gasteiger charge is -2.34. The molecule has 0 unspecified atom stereocenters. The topological polar surface area (TPSA) is 118 Å². The number of nitrogens with two attached hydrogens (primary N) is 1. The fraction of sp³-hybridized carbons (Fsp3) is 0.320. The minimum atomic E-state index is 0.433. The van der Waals surface area contributed by atoms with Gasteiger partial charge in [-0.15, -0.1) is 0 Å². The SMILES string of the molecule is CCc1cc2cccc(-c3cnn(C)c3)c2c(N2CCN(C)CC2)n1.Nc1ncnc2nc[nH]c12. The van der Waals surface area contributed by atoms with Crippen LogP contribution in [0.1, 0.15) is 12.6 Å². The van der Waals surface area contributed by atoms with Crippen LogP contribution in [0.25, 0.3) is 33.1 Å². The van der Waals surface area contributed by atoms with E-state index in [4.69, 9.17) is 10.7 Å². The number of fused-ring (bicyclic) bond motifs is 2. The van der Waals surface area contributed by atoms with Crippen molar-refractivity contribution in [3.05, 3.63) is 55.0 Å². The highest BCUT2D eigenvalue weighted by Crippen LogP contribution is 2.35. The first-order valence-electron chi connectivity index (χ1n) is 11.8. The number of hydrogen-bond acceptors (Lipinski definition) is 8. The van der Waals surface area contributed by atoms with Gasteiger partial charge in [-0.05, 0) is 30.5 Å². The Morgan fingerprint density at radius 2 is 1.89 bits per heavy atom. The van der Waals surface area contributed by atoms with Crippen LogP contribution in [0.3, 0.4) is 0 Å². The van der Waals surface area contributed by atoms with E-state index in [0.717, 1.165) is 49.7 Å². The minimum absolute atomic E-state index is 0.433. The zero-order valence-corrected chi connectivity index (χ0v) is 20.3. The van der Waals surface area contributed by atoms with E-state index in [-0.39, 0.29) is 0 Å². The Balaban J connectivity index is 0.000000211. The summed E-state index contributed by atoms with van der Waals surface area (Å²) in [6, 6.07) is 8.76.